The molecule has 1 unspecified atom stereocenters. The van der Waals surface area contributed by atoms with E-state index in [0.29, 0.717) is 5.92 Å². The predicted octanol–water partition coefficient (Wildman–Crippen LogP) is 3.62. The molecule has 0 bridgehead atoms. The first kappa shape index (κ1) is 13.6. The van der Waals surface area contributed by atoms with Gasteiger partial charge in [0, 0.05) is 0 Å². The smallest absolute Gasteiger partial charge is 0.115 e. The van der Waals surface area contributed by atoms with Crippen LogP contribution in [0.25, 0.3) is 0 Å². The summed E-state index contributed by atoms with van der Waals surface area (Å²) < 4.78 is 0. The van der Waals surface area contributed by atoms with Crippen LogP contribution < -0.4 is 0 Å². The van der Waals surface area contributed by atoms with Gasteiger partial charge in [-0.1, -0.05) is 43.3 Å². The van der Waals surface area contributed by atoms with E-state index in [1.54, 1.807) is 18.2 Å². The number of aliphatic hydroxyl groups is 1. The summed E-state index contributed by atoms with van der Waals surface area (Å²) in [5.41, 5.74) is 3.26. The quantitative estimate of drug-likeness (QED) is 0.857. The van der Waals surface area contributed by atoms with E-state index in [4.69, 9.17) is 0 Å². The van der Waals surface area contributed by atoms with Gasteiger partial charge in [0.05, 0.1) is 6.61 Å². The fraction of sp³-hybridized carbons (Fsp3) is 0.294. The minimum absolute atomic E-state index is 0.0191. The highest BCUT2D eigenvalue weighted by Gasteiger charge is 2.11. The maximum atomic E-state index is 9.59. The summed E-state index contributed by atoms with van der Waals surface area (Å²) in [5, 5.41) is 18.9. The standard InChI is InChI=1S/C17H20O2/c1-13(7-8-14-5-3-2-4-6-14)17-11-16(19)10-9-15(17)12-18/h2-6,9-11,13,18-19H,7-8,12H2,1H3. The lowest BCUT2D eigenvalue weighted by Crippen LogP contribution is -2.01. The van der Waals surface area contributed by atoms with Crippen molar-refractivity contribution in [2.45, 2.75) is 32.3 Å². The second-order valence-corrected chi connectivity index (χ2v) is 4.97. The zero-order chi connectivity index (χ0) is 13.7. The van der Waals surface area contributed by atoms with E-state index in [9.17, 15) is 10.2 Å². The van der Waals surface area contributed by atoms with Crippen LogP contribution in [-0.2, 0) is 13.0 Å². The lowest BCUT2D eigenvalue weighted by atomic mass is 9.90. The summed E-state index contributed by atoms with van der Waals surface area (Å²) >= 11 is 0. The Morgan fingerprint density at radius 1 is 1.05 bits per heavy atom. The van der Waals surface area contributed by atoms with Crippen molar-refractivity contribution in [3.05, 3.63) is 65.2 Å². The molecule has 0 spiro atoms. The van der Waals surface area contributed by atoms with E-state index in [2.05, 4.69) is 19.1 Å². The Kier molecular flexibility index (Phi) is 4.58. The van der Waals surface area contributed by atoms with Crippen molar-refractivity contribution in [3.63, 3.8) is 0 Å². The number of aryl methyl sites for hydroxylation is 1. The number of phenols is 1. The molecule has 0 amide bonds. The van der Waals surface area contributed by atoms with Gasteiger partial charge in [0.15, 0.2) is 0 Å². The Balaban J connectivity index is 2.07. The Hall–Kier alpha value is -1.80. The summed E-state index contributed by atoms with van der Waals surface area (Å²) in [6.45, 7) is 2.15. The van der Waals surface area contributed by atoms with Crippen molar-refractivity contribution in [1.82, 2.24) is 0 Å². The van der Waals surface area contributed by atoms with Crippen LogP contribution in [0, 0.1) is 0 Å². The molecule has 19 heavy (non-hydrogen) atoms. The van der Waals surface area contributed by atoms with E-state index < -0.39 is 0 Å². The highest BCUT2D eigenvalue weighted by atomic mass is 16.3. The third kappa shape index (κ3) is 3.58. The highest BCUT2D eigenvalue weighted by molar-refractivity contribution is 5.36. The van der Waals surface area contributed by atoms with Crippen molar-refractivity contribution in [1.29, 1.82) is 0 Å². The van der Waals surface area contributed by atoms with Crippen molar-refractivity contribution >= 4 is 0 Å². The van der Waals surface area contributed by atoms with Crippen molar-refractivity contribution < 1.29 is 10.2 Å². The third-order valence-corrected chi connectivity index (χ3v) is 3.54. The molecular formula is C17H20O2. The molecule has 1 atom stereocenters. The van der Waals surface area contributed by atoms with Crippen LogP contribution in [0.4, 0.5) is 0 Å². The molecule has 2 aromatic rings. The molecule has 2 N–H and O–H groups in total. The molecule has 0 saturated carbocycles. The molecule has 0 aliphatic rings. The number of phenolic OH excluding ortho intramolecular Hbond substituents is 1. The molecule has 2 nitrogen and oxygen atoms in total. The molecule has 2 heteroatoms. The molecule has 0 saturated heterocycles. The van der Waals surface area contributed by atoms with Gasteiger partial charge >= 0.3 is 0 Å². The molecule has 2 rings (SSSR count). The molecule has 0 heterocycles. The Morgan fingerprint density at radius 2 is 1.79 bits per heavy atom. The lowest BCUT2D eigenvalue weighted by molar-refractivity contribution is 0.279. The average Bonchev–Trinajstić information content (AvgIpc) is 2.46. The number of hydrogen-bond acceptors (Lipinski definition) is 2. The van der Waals surface area contributed by atoms with Crippen LogP contribution in [-0.4, -0.2) is 10.2 Å². The summed E-state index contributed by atoms with van der Waals surface area (Å²) in [4.78, 5) is 0. The molecule has 0 radical (unpaired) electrons. The zero-order valence-electron chi connectivity index (χ0n) is 11.2. The maximum absolute atomic E-state index is 9.59. The highest BCUT2D eigenvalue weighted by Crippen LogP contribution is 2.27. The number of aliphatic hydroxyl groups excluding tert-OH is 1. The topological polar surface area (TPSA) is 40.5 Å². The van der Waals surface area contributed by atoms with Crippen molar-refractivity contribution in [2.24, 2.45) is 0 Å². The average molecular weight is 256 g/mol. The van der Waals surface area contributed by atoms with E-state index in [0.717, 1.165) is 24.0 Å². The monoisotopic (exact) mass is 256 g/mol. The summed E-state index contributed by atoms with van der Waals surface area (Å²) in [7, 11) is 0. The Labute approximate surface area is 114 Å². The van der Waals surface area contributed by atoms with Crippen LogP contribution >= 0.6 is 0 Å². The second kappa shape index (κ2) is 6.39. The largest absolute Gasteiger partial charge is 0.508 e. The Morgan fingerprint density at radius 3 is 2.47 bits per heavy atom. The van der Waals surface area contributed by atoms with Gasteiger partial charge in [0.1, 0.15) is 5.75 Å². The lowest BCUT2D eigenvalue weighted by Gasteiger charge is -2.16. The van der Waals surface area contributed by atoms with Crippen LogP contribution in [0.2, 0.25) is 0 Å². The molecule has 100 valence electrons. The van der Waals surface area contributed by atoms with Gasteiger partial charge in [-0.2, -0.15) is 0 Å². The molecule has 0 fully saturated rings. The summed E-state index contributed by atoms with van der Waals surface area (Å²) in [5.74, 6) is 0.577. The summed E-state index contributed by atoms with van der Waals surface area (Å²) in [6.07, 6.45) is 2.00. The van der Waals surface area contributed by atoms with Gasteiger partial charge < -0.3 is 10.2 Å². The van der Waals surface area contributed by atoms with Crippen molar-refractivity contribution in [3.8, 4) is 5.75 Å². The van der Waals surface area contributed by atoms with Crippen LogP contribution in [0.1, 0.15) is 36.0 Å². The third-order valence-electron chi connectivity index (χ3n) is 3.54. The Bertz CT molecular complexity index is 520. The molecular weight excluding hydrogens is 236 g/mol. The normalized spacial score (nSPS) is 12.3. The first-order valence-electron chi connectivity index (χ1n) is 6.67. The molecule has 0 aliphatic heterocycles. The van der Waals surface area contributed by atoms with E-state index in [-0.39, 0.29) is 12.4 Å². The maximum Gasteiger partial charge on any atom is 0.115 e. The second-order valence-electron chi connectivity index (χ2n) is 4.97. The van der Waals surface area contributed by atoms with Crippen molar-refractivity contribution in [2.75, 3.05) is 0 Å². The van der Waals surface area contributed by atoms with Crippen LogP contribution in [0.5, 0.6) is 5.75 Å². The minimum Gasteiger partial charge on any atom is -0.508 e. The first-order chi connectivity index (χ1) is 9.20. The molecule has 2 aromatic carbocycles. The number of rotatable bonds is 5. The van der Waals surface area contributed by atoms with Gasteiger partial charge in [0.2, 0.25) is 0 Å². The van der Waals surface area contributed by atoms with Gasteiger partial charge in [-0.05, 0) is 47.6 Å². The predicted molar refractivity (Wildman–Crippen MR) is 77.2 cm³/mol. The van der Waals surface area contributed by atoms with Gasteiger partial charge in [-0.15, -0.1) is 0 Å². The number of benzene rings is 2. The van der Waals surface area contributed by atoms with E-state index >= 15 is 0 Å². The summed E-state index contributed by atoms with van der Waals surface area (Å²) in [6, 6.07) is 15.6. The molecule has 0 aliphatic carbocycles. The van der Waals surface area contributed by atoms with E-state index in [1.165, 1.54) is 5.56 Å². The van der Waals surface area contributed by atoms with Gasteiger partial charge in [-0.3, -0.25) is 0 Å². The number of hydrogen-bond donors (Lipinski definition) is 2. The van der Waals surface area contributed by atoms with E-state index in [1.807, 2.05) is 18.2 Å². The van der Waals surface area contributed by atoms with Gasteiger partial charge in [-0.25, -0.2) is 0 Å². The van der Waals surface area contributed by atoms with Gasteiger partial charge in [0.25, 0.3) is 0 Å². The van der Waals surface area contributed by atoms with Crippen LogP contribution in [0.3, 0.4) is 0 Å². The zero-order valence-corrected chi connectivity index (χ0v) is 11.2. The fourth-order valence-electron chi connectivity index (χ4n) is 2.37. The molecule has 0 aromatic heterocycles. The first-order valence-corrected chi connectivity index (χ1v) is 6.67. The van der Waals surface area contributed by atoms with Crippen LogP contribution in [0.15, 0.2) is 48.5 Å². The minimum atomic E-state index is 0.0191. The fourth-order valence-corrected chi connectivity index (χ4v) is 2.37. The number of aromatic hydroxyl groups is 1. The SMILES string of the molecule is CC(CCc1ccccc1)c1cc(O)ccc1CO.